The van der Waals surface area contributed by atoms with Crippen LogP contribution in [0.1, 0.15) is 33.3 Å². The Bertz CT molecular complexity index is 585. The van der Waals surface area contributed by atoms with E-state index in [9.17, 15) is 9.18 Å². The molecule has 1 aliphatic rings. The first kappa shape index (κ1) is 16.7. The van der Waals surface area contributed by atoms with Crippen molar-refractivity contribution in [3.05, 3.63) is 36.4 Å². The molecule has 0 atom stereocenters. The van der Waals surface area contributed by atoms with Crippen molar-refractivity contribution in [2.24, 2.45) is 0 Å². The van der Waals surface area contributed by atoms with E-state index in [2.05, 4.69) is 11.9 Å². The van der Waals surface area contributed by atoms with Crippen molar-refractivity contribution in [2.45, 2.75) is 45.6 Å². The number of amides is 1. The second-order valence-corrected chi connectivity index (χ2v) is 6.38. The van der Waals surface area contributed by atoms with Crippen LogP contribution in [0.3, 0.4) is 0 Å². The molecule has 1 aromatic rings. The summed E-state index contributed by atoms with van der Waals surface area (Å²) in [5.41, 5.74) is 0.659. The lowest BCUT2D eigenvalue weighted by molar-refractivity contribution is -0.111. The number of carbonyl (C=O) groups excluding carboxylic acids is 1. The molecule has 0 radical (unpaired) electrons. The highest BCUT2D eigenvalue weighted by Crippen LogP contribution is 2.36. The predicted molar refractivity (Wildman–Crippen MR) is 85.8 cm³/mol. The summed E-state index contributed by atoms with van der Waals surface area (Å²) in [7, 11) is -0.601. The average molecular weight is 305 g/mol. The number of hydrogen-bond donors (Lipinski definition) is 1. The van der Waals surface area contributed by atoms with E-state index < -0.39 is 25.0 Å². The minimum Gasteiger partial charge on any atom is -0.399 e. The molecule has 6 heteroatoms. The molecule has 0 aliphatic carbocycles. The van der Waals surface area contributed by atoms with Crippen LogP contribution in [0.2, 0.25) is 0 Å². The second-order valence-electron chi connectivity index (χ2n) is 6.38. The van der Waals surface area contributed by atoms with Gasteiger partial charge in [-0.3, -0.25) is 4.79 Å². The summed E-state index contributed by atoms with van der Waals surface area (Å²) in [4.78, 5) is 11.4. The number of rotatable bonds is 4. The molecule has 4 nitrogen and oxygen atoms in total. The van der Waals surface area contributed by atoms with E-state index in [1.54, 1.807) is 18.2 Å². The Balaban J connectivity index is 2.33. The average Bonchev–Trinajstić information content (AvgIpc) is 2.67. The Morgan fingerprint density at radius 2 is 1.86 bits per heavy atom. The number of anilines is 1. The molecule has 0 aromatic heterocycles. The summed E-state index contributed by atoms with van der Waals surface area (Å²) in [5, 5.41) is 2.64. The molecule has 1 saturated heterocycles. The first-order valence-corrected chi connectivity index (χ1v) is 7.17. The van der Waals surface area contributed by atoms with E-state index >= 15 is 0 Å². The third-order valence-electron chi connectivity index (χ3n) is 4.15. The van der Waals surface area contributed by atoms with Crippen molar-refractivity contribution < 1.29 is 18.5 Å². The van der Waals surface area contributed by atoms with Crippen LogP contribution in [0.15, 0.2) is 30.9 Å². The fourth-order valence-electron chi connectivity index (χ4n) is 2.18. The number of hydrogen-bond acceptors (Lipinski definition) is 3. The van der Waals surface area contributed by atoms with Gasteiger partial charge in [0.1, 0.15) is 6.67 Å². The summed E-state index contributed by atoms with van der Waals surface area (Å²) in [6.45, 7) is 10.6. The molecule has 1 heterocycles. The highest BCUT2D eigenvalue weighted by molar-refractivity contribution is 6.62. The van der Waals surface area contributed by atoms with E-state index in [4.69, 9.17) is 9.31 Å². The van der Waals surface area contributed by atoms with Gasteiger partial charge in [-0.2, -0.15) is 0 Å². The standard InChI is InChI=1S/C16H21BFNO3/c1-6-14(20)19-13-8-11(10-18)7-12(9-13)17-21-15(2,3)16(4,5)22-17/h6-9H,1,10H2,2-5H3,(H,19,20). The van der Waals surface area contributed by atoms with Crippen molar-refractivity contribution in [2.75, 3.05) is 5.32 Å². The molecule has 1 fully saturated rings. The van der Waals surface area contributed by atoms with Crippen LogP contribution < -0.4 is 10.8 Å². The van der Waals surface area contributed by atoms with E-state index in [-0.39, 0.29) is 5.91 Å². The largest absolute Gasteiger partial charge is 0.494 e. The van der Waals surface area contributed by atoms with E-state index in [1.165, 1.54) is 0 Å². The first-order chi connectivity index (χ1) is 10.2. The minimum absolute atomic E-state index is 0.351. The number of benzene rings is 1. The smallest absolute Gasteiger partial charge is 0.399 e. The Hall–Kier alpha value is -1.66. The quantitative estimate of drug-likeness (QED) is 0.687. The molecule has 1 amide bonds. The molecular formula is C16H21BFNO3. The zero-order valence-corrected chi connectivity index (χ0v) is 13.4. The van der Waals surface area contributed by atoms with Crippen LogP contribution in [-0.4, -0.2) is 24.2 Å². The Kier molecular flexibility index (Phi) is 4.45. The summed E-state index contributed by atoms with van der Waals surface area (Å²) in [5.74, 6) is -0.351. The molecule has 1 aliphatic heterocycles. The summed E-state index contributed by atoms with van der Waals surface area (Å²) in [6, 6.07) is 4.99. The van der Waals surface area contributed by atoms with Crippen molar-refractivity contribution >= 4 is 24.2 Å². The fourth-order valence-corrected chi connectivity index (χ4v) is 2.18. The molecule has 0 unspecified atom stereocenters. The molecule has 0 saturated carbocycles. The molecule has 0 bridgehead atoms. The zero-order chi connectivity index (χ0) is 16.5. The minimum atomic E-state index is -0.635. The van der Waals surface area contributed by atoms with Gasteiger partial charge in [0.2, 0.25) is 5.91 Å². The van der Waals surface area contributed by atoms with Crippen LogP contribution in [0, 0.1) is 0 Å². The van der Waals surface area contributed by atoms with Crippen molar-refractivity contribution in [3.8, 4) is 0 Å². The highest BCUT2D eigenvalue weighted by atomic mass is 19.1. The number of carbonyl (C=O) groups is 1. The maximum Gasteiger partial charge on any atom is 0.494 e. The van der Waals surface area contributed by atoms with E-state index in [1.807, 2.05) is 27.7 Å². The van der Waals surface area contributed by atoms with Crippen LogP contribution >= 0.6 is 0 Å². The van der Waals surface area contributed by atoms with Gasteiger partial charge in [-0.1, -0.05) is 12.6 Å². The Morgan fingerprint density at radius 3 is 2.36 bits per heavy atom. The van der Waals surface area contributed by atoms with Crippen molar-refractivity contribution in [1.82, 2.24) is 0 Å². The van der Waals surface area contributed by atoms with Gasteiger partial charge in [-0.25, -0.2) is 4.39 Å². The van der Waals surface area contributed by atoms with Gasteiger partial charge in [-0.05, 0) is 56.9 Å². The number of halogens is 1. The third-order valence-corrected chi connectivity index (χ3v) is 4.15. The summed E-state index contributed by atoms with van der Waals surface area (Å²) in [6.07, 6.45) is 1.16. The van der Waals surface area contributed by atoms with Gasteiger partial charge in [0.05, 0.1) is 11.2 Å². The Morgan fingerprint density at radius 1 is 1.27 bits per heavy atom. The molecule has 1 N–H and O–H groups in total. The molecule has 1 aromatic carbocycles. The summed E-state index contributed by atoms with van der Waals surface area (Å²) < 4.78 is 25.0. The van der Waals surface area contributed by atoms with Crippen LogP contribution in [-0.2, 0) is 20.8 Å². The summed E-state index contributed by atoms with van der Waals surface area (Å²) >= 11 is 0. The maximum atomic E-state index is 13.1. The van der Waals surface area contributed by atoms with Gasteiger partial charge in [0, 0.05) is 5.69 Å². The zero-order valence-electron chi connectivity index (χ0n) is 13.4. The topological polar surface area (TPSA) is 47.6 Å². The van der Waals surface area contributed by atoms with Crippen LogP contribution in [0.25, 0.3) is 0 Å². The number of alkyl halides is 1. The fraction of sp³-hybridized carbons (Fsp3) is 0.438. The van der Waals surface area contributed by atoms with Crippen molar-refractivity contribution in [1.29, 1.82) is 0 Å². The second kappa shape index (κ2) is 5.86. The molecule has 0 spiro atoms. The maximum absolute atomic E-state index is 13.1. The van der Waals surface area contributed by atoms with E-state index in [0.29, 0.717) is 16.7 Å². The van der Waals surface area contributed by atoms with Gasteiger partial charge in [-0.15, -0.1) is 0 Å². The third kappa shape index (κ3) is 3.23. The van der Waals surface area contributed by atoms with Gasteiger partial charge >= 0.3 is 7.12 Å². The van der Waals surface area contributed by atoms with Gasteiger partial charge in [0.25, 0.3) is 0 Å². The van der Waals surface area contributed by atoms with Crippen molar-refractivity contribution in [3.63, 3.8) is 0 Å². The van der Waals surface area contributed by atoms with Gasteiger partial charge < -0.3 is 14.6 Å². The molecular weight excluding hydrogens is 284 g/mol. The molecule has 118 valence electrons. The van der Waals surface area contributed by atoms with Crippen LogP contribution in [0.4, 0.5) is 10.1 Å². The van der Waals surface area contributed by atoms with E-state index in [0.717, 1.165) is 6.08 Å². The first-order valence-electron chi connectivity index (χ1n) is 7.17. The molecule has 22 heavy (non-hydrogen) atoms. The molecule has 2 rings (SSSR count). The van der Waals surface area contributed by atoms with Crippen LogP contribution in [0.5, 0.6) is 0 Å². The lowest BCUT2D eigenvalue weighted by Gasteiger charge is -2.32. The van der Waals surface area contributed by atoms with Gasteiger partial charge in [0.15, 0.2) is 0 Å². The normalized spacial score (nSPS) is 19.0. The lowest BCUT2D eigenvalue weighted by Crippen LogP contribution is -2.41. The monoisotopic (exact) mass is 305 g/mol. The predicted octanol–water partition coefficient (Wildman–Crippen LogP) is 2.58. The SMILES string of the molecule is C=CC(=O)Nc1cc(CF)cc(B2OC(C)(C)C(C)(C)O2)c1. The highest BCUT2D eigenvalue weighted by Gasteiger charge is 2.51. The number of nitrogens with one attached hydrogen (secondary N) is 1. The lowest BCUT2D eigenvalue weighted by atomic mass is 9.78. The Labute approximate surface area is 130 Å².